The number of nitrogens with one attached hydrogen (secondary N) is 6. The maximum Gasteiger partial charge on any atom is 0.524 e. The molecule has 10 N–H and O–H groups in total. The number of urea groups is 1. The number of phosphoric ester groups is 1. The van der Waals surface area contributed by atoms with Crippen LogP contribution in [0.2, 0.25) is 0 Å². The molecule has 5 heterocycles. The summed E-state index contributed by atoms with van der Waals surface area (Å²) in [6, 6.07) is 7.37. The standard InChI is InChI=1S/C74H97Cl2N12O20PS2/c1-44(2)63(83-56(89)15-20-100-22-24-102-26-28-104-30-31-105-29-27-103-25-23-101-21-19-86-57(90)13-14-58(86)91)67(93)82-51(8-7-16-78-70(77)96)66(92)81-50-11-9-47(10-12-50)40-106-71(110)84(5)17-18-85(6)72(111)107-54-32-52-61(59-45(3)36-79-64(54)59)48(34-75)38-87(52)68(94)73-41-74(42-73,43-73)69(95)88-39-49(35-76)62-53(88)33-55(108-109(97,98)99)65-60(62)46(4)37-80-65/h9-14,32-33,36-37,44,48-49,51,63,79-80H,7-8,15-31,34-35,38-43H2,1-6H3,(H,81,92)(H,82,93)(H,83,89)(H3,77,78,96)(H2,97,98,99). The quantitative estimate of drug-likeness (QED) is 0.00669. The molecule has 4 unspecified atom stereocenters. The first-order valence-electron chi connectivity index (χ1n) is 36.7. The summed E-state index contributed by atoms with van der Waals surface area (Å²) in [4.78, 5) is 139. The highest BCUT2D eigenvalue weighted by molar-refractivity contribution is 7.80. The Bertz CT molecular complexity index is 4290. The van der Waals surface area contributed by atoms with E-state index in [1.165, 1.54) is 18.2 Å². The van der Waals surface area contributed by atoms with Gasteiger partial charge in [-0.2, -0.15) is 0 Å². The summed E-state index contributed by atoms with van der Waals surface area (Å²) < 4.78 is 62.8. The molecule has 37 heteroatoms. The minimum Gasteiger partial charge on any atom is -0.466 e. The average Bonchev–Trinajstić information content (AvgIpc) is 1.58. The summed E-state index contributed by atoms with van der Waals surface area (Å²) >= 11 is 24.8. The summed E-state index contributed by atoms with van der Waals surface area (Å²) in [5.41, 5.74) is 10.5. The molecule has 5 aromatic rings. The number of H-pyrrole nitrogens is 2. The number of imide groups is 1. The number of phosphoric acid groups is 1. The summed E-state index contributed by atoms with van der Waals surface area (Å²) in [6.45, 7) is 12.6. The number of ether oxygens (including phenoxy) is 8. The number of aromatic nitrogens is 2. The van der Waals surface area contributed by atoms with Crippen molar-refractivity contribution in [2.24, 2.45) is 22.5 Å². The van der Waals surface area contributed by atoms with Crippen LogP contribution in [-0.2, 0) is 77.9 Å². The minimum absolute atomic E-state index is 0.0410. The molecule has 4 atom stereocenters. The van der Waals surface area contributed by atoms with E-state index in [9.17, 15) is 47.9 Å². The van der Waals surface area contributed by atoms with Crippen molar-refractivity contribution in [3.05, 3.63) is 88.8 Å². The van der Waals surface area contributed by atoms with Crippen molar-refractivity contribution in [3.8, 4) is 11.5 Å². The zero-order valence-corrected chi connectivity index (χ0v) is 66.9. The Kier molecular flexibility index (Phi) is 29.7. The molecule has 32 nitrogen and oxygen atoms in total. The number of rotatable bonds is 43. The molecule has 6 aliphatic rings. The van der Waals surface area contributed by atoms with Crippen LogP contribution < -0.4 is 46.1 Å². The number of carbonyl (C=O) groups is 8. The van der Waals surface area contributed by atoms with Gasteiger partial charge in [0.1, 0.15) is 18.7 Å². The lowest BCUT2D eigenvalue weighted by Crippen LogP contribution is -2.73. The number of carbonyl (C=O) groups excluding carboxylic acids is 8. The largest absolute Gasteiger partial charge is 0.524 e. The average molecular weight is 1640 g/mol. The van der Waals surface area contributed by atoms with Gasteiger partial charge < -0.3 is 99.0 Å². The molecule has 0 radical (unpaired) electrons. The van der Waals surface area contributed by atoms with E-state index in [4.69, 9.17) is 95.8 Å². The molecule has 3 fully saturated rings. The molecule has 111 heavy (non-hydrogen) atoms. The Labute approximate surface area is 663 Å². The van der Waals surface area contributed by atoms with Gasteiger partial charge in [0.2, 0.25) is 29.5 Å². The third-order valence-electron chi connectivity index (χ3n) is 20.2. The van der Waals surface area contributed by atoms with Crippen molar-refractivity contribution in [1.82, 2.24) is 40.6 Å². The smallest absolute Gasteiger partial charge is 0.466 e. The number of benzene rings is 3. The second-order valence-electron chi connectivity index (χ2n) is 28.6. The molecule has 0 spiro atoms. The number of alkyl halides is 2. The number of primary amides is 1. The van der Waals surface area contributed by atoms with Gasteiger partial charge in [0.15, 0.2) is 11.5 Å². The van der Waals surface area contributed by atoms with Crippen molar-refractivity contribution in [2.75, 3.05) is 160 Å². The molecule has 9 amide bonds. The van der Waals surface area contributed by atoms with Crippen LogP contribution in [0, 0.1) is 30.6 Å². The van der Waals surface area contributed by atoms with Crippen LogP contribution in [-0.4, -0.2) is 249 Å². The van der Waals surface area contributed by atoms with E-state index in [1.807, 2.05) is 26.1 Å². The zero-order valence-electron chi connectivity index (χ0n) is 62.8. The molecule has 3 aliphatic heterocycles. The summed E-state index contributed by atoms with van der Waals surface area (Å²) in [7, 11) is -1.41. The predicted molar refractivity (Wildman–Crippen MR) is 421 cm³/mol. The van der Waals surface area contributed by atoms with E-state index in [1.54, 1.807) is 78.0 Å². The Morgan fingerprint density at radius 2 is 1.16 bits per heavy atom. The first-order valence-corrected chi connectivity index (χ1v) is 40.1. The Morgan fingerprint density at radius 3 is 1.65 bits per heavy atom. The van der Waals surface area contributed by atoms with Crippen LogP contribution >= 0.6 is 55.5 Å². The van der Waals surface area contributed by atoms with Gasteiger partial charge in [-0.05, 0) is 116 Å². The van der Waals surface area contributed by atoms with Gasteiger partial charge in [-0.3, -0.25) is 48.2 Å². The summed E-state index contributed by atoms with van der Waals surface area (Å²) in [5.74, 6) is -2.61. The number of thiocarbonyl (C=S) groups is 2. The van der Waals surface area contributed by atoms with E-state index >= 15 is 4.79 Å². The number of amides is 9. The summed E-state index contributed by atoms with van der Waals surface area (Å²) in [5, 5.41) is 12.8. The van der Waals surface area contributed by atoms with Gasteiger partial charge in [-0.25, -0.2) is 9.36 Å². The van der Waals surface area contributed by atoms with Crippen molar-refractivity contribution >= 4 is 152 Å². The molecule has 3 aromatic carbocycles. The molecule has 2 bridgehead atoms. The lowest BCUT2D eigenvalue weighted by atomic mass is 9.34. The number of aryl methyl sites for hydroxylation is 2. The third-order valence-corrected chi connectivity index (χ3v) is 22.2. The zero-order chi connectivity index (χ0) is 79.9. The number of hydrogen-bond donors (Lipinski definition) is 9. The van der Waals surface area contributed by atoms with Gasteiger partial charge in [0.05, 0.1) is 119 Å². The van der Waals surface area contributed by atoms with E-state index in [2.05, 4.69) is 31.2 Å². The van der Waals surface area contributed by atoms with Crippen LogP contribution in [0.1, 0.15) is 92.0 Å². The topological polar surface area (TPSA) is 399 Å². The number of halogens is 2. The van der Waals surface area contributed by atoms with Crippen molar-refractivity contribution in [1.29, 1.82) is 0 Å². The molecule has 3 aliphatic carbocycles. The third kappa shape index (κ3) is 21.0. The molecule has 0 saturated heterocycles. The number of nitrogens with two attached hydrogens (primary N) is 1. The minimum atomic E-state index is -4.98. The normalized spacial score (nSPS) is 18.7. The fourth-order valence-electron chi connectivity index (χ4n) is 14.6. The Balaban J connectivity index is 0.631. The second-order valence-corrected chi connectivity index (χ2v) is 31.1. The number of fused-ring (bicyclic) bond motifs is 6. The number of likely N-dealkylation sites (N-methyl/N-ethyl adjacent to an activating group) is 2. The molecule has 2 aromatic heterocycles. The highest BCUT2D eigenvalue weighted by atomic mass is 35.5. The number of nitrogens with zero attached hydrogens (tertiary/aromatic N) is 5. The van der Waals surface area contributed by atoms with Crippen LogP contribution in [0.4, 0.5) is 21.9 Å². The van der Waals surface area contributed by atoms with Gasteiger partial charge in [0.25, 0.3) is 22.2 Å². The molecular weight excluding hydrogens is 1540 g/mol. The van der Waals surface area contributed by atoms with Crippen LogP contribution in [0.15, 0.2) is 60.9 Å². The first kappa shape index (κ1) is 85.3. The van der Waals surface area contributed by atoms with E-state index in [0.717, 1.165) is 38.1 Å². The fourth-order valence-corrected chi connectivity index (χ4v) is 15.8. The maximum atomic E-state index is 15.0. The van der Waals surface area contributed by atoms with E-state index in [-0.39, 0.29) is 141 Å². The number of anilines is 3. The van der Waals surface area contributed by atoms with Crippen molar-refractivity contribution in [2.45, 2.75) is 96.7 Å². The number of hydrogen-bond acceptors (Lipinski definition) is 20. The van der Waals surface area contributed by atoms with Gasteiger partial charge >= 0.3 is 13.9 Å². The van der Waals surface area contributed by atoms with Crippen molar-refractivity contribution in [3.63, 3.8) is 0 Å². The first-order chi connectivity index (χ1) is 53.1. The van der Waals surface area contributed by atoms with Gasteiger partial charge in [-0.15, -0.1) is 23.2 Å². The van der Waals surface area contributed by atoms with E-state index in [0.29, 0.717) is 131 Å². The highest BCUT2D eigenvalue weighted by Gasteiger charge is 2.76. The highest BCUT2D eigenvalue weighted by Crippen LogP contribution is 2.75. The molecule has 11 rings (SSSR count). The lowest BCUT2D eigenvalue weighted by Gasteiger charge is -2.69. The monoisotopic (exact) mass is 1640 g/mol. The maximum absolute atomic E-state index is 15.0. The van der Waals surface area contributed by atoms with Gasteiger partial charge in [-0.1, -0.05) is 26.0 Å². The molecular formula is C74H97Cl2N12O20PS2. The number of aromatic amines is 2. The van der Waals surface area contributed by atoms with Crippen LogP contribution in [0.5, 0.6) is 11.5 Å². The fraction of sp³-hybridized carbons (Fsp3) is 0.541. The molecule has 3 saturated carbocycles. The molecule has 604 valence electrons. The van der Waals surface area contributed by atoms with E-state index < -0.39 is 54.5 Å². The van der Waals surface area contributed by atoms with Crippen LogP contribution in [0.3, 0.4) is 0 Å². The second kappa shape index (κ2) is 38.6. The predicted octanol–water partition coefficient (Wildman–Crippen LogP) is 6.40. The summed E-state index contributed by atoms with van der Waals surface area (Å²) in [6.07, 6.45) is 7.38. The SMILES string of the molecule is Cc1c[nH]c2c(OC(=S)N(C)CCN(C)C(=S)OCc3ccc(NC(=O)C(CCCNC(N)=O)NC(=O)C(NC(=O)CCOCCOCCOCCOCCOCCOCCN4C(=O)C=CC4=O)C(C)C)cc3)cc3c(c12)C(CCl)CN3C(=O)C12CC(C(=O)N3CC(CCl)c4c3cc(OP(=O)(O)O)c3[nH]cc(C)c43)(C1)C2. The Morgan fingerprint density at radius 1 is 0.685 bits per heavy atom. The van der Waals surface area contributed by atoms with Crippen LogP contribution in [0.25, 0.3) is 21.8 Å². The van der Waals surface area contributed by atoms with Gasteiger partial charge in [0, 0.05) is 130 Å². The Hall–Kier alpha value is -8.09. The van der Waals surface area contributed by atoms with Crippen molar-refractivity contribution < 1.29 is 95.1 Å². The lowest BCUT2D eigenvalue weighted by molar-refractivity contribution is -0.205.